The van der Waals surface area contributed by atoms with Gasteiger partial charge < -0.3 is 0 Å². The van der Waals surface area contributed by atoms with Gasteiger partial charge in [0.05, 0.1) is 16.2 Å². The van der Waals surface area contributed by atoms with Gasteiger partial charge in [0, 0.05) is 11.6 Å². The molecule has 1 heterocycles. The Balaban J connectivity index is 1.96. The smallest absolute Gasteiger partial charge is 0.282 e. The number of carbonyl (C=O) groups is 2. The number of Topliss-reactive ketones (excluding diaryl/α,β-unsaturated/α-hetero) is 1. The predicted molar refractivity (Wildman–Crippen MR) is 98.1 cm³/mol. The Labute approximate surface area is 149 Å². The van der Waals surface area contributed by atoms with Crippen LogP contribution in [0.4, 0.5) is 11.4 Å². The third kappa shape index (κ3) is 3.14. The summed E-state index contributed by atoms with van der Waals surface area (Å²) in [4.78, 5) is 40.4. The van der Waals surface area contributed by atoms with Crippen LogP contribution in [0, 0.1) is 10.1 Å². The number of rotatable bonds is 4. The largest absolute Gasteiger partial charge is 0.295 e. The summed E-state index contributed by atoms with van der Waals surface area (Å²) < 4.78 is 0. The van der Waals surface area contributed by atoms with E-state index in [4.69, 9.17) is 0 Å². The maximum Gasteiger partial charge on any atom is 0.282 e. The molecule has 0 atom stereocenters. The fourth-order valence-corrected chi connectivity index (χ4v) is 2.70. The molecule has 1 amide bonds. The molecule has 1 aliphatic rings. The Kier molecular flexibility index (Phi) is 4.45. The first-order valence-corrected chi connectivity index (χ1v) is 7.84. The SMILES string of the molecule is CC(=O)c1ccc(N2C(=O)/C(=C\c3ccccc3[N+](=O)[O-])N=C2C)cc1. The van der Waals surface area contributed by atoms with E-state index < -0.39 is 4.92 Å². The molecule has 7 heteroatoms. The average Bonchev–Trinajstić information content (AvgIpc) is 2.89. The molecule has 0 unspecified atom stereocenters. The van der Waals surface area contributed by atoms with Crippen molar-refractivity contribution >= 4 is 35.0 Å². The molecule has 0 saturated heterocycles. The highest BCUT2D eigenvalue weighted by molar-refractivity contribution is 6.28. The lowest BCUT2D eigenvalue weighted by Gasteiger charge is -2.16. The molecule has 3 rings (SSSR count). The Hall–Kier alpha value is -3.61. The van der Waals surface area contributed by atoms with E-state index in [2.05, 4.69) is 4.99 Å². The molecule has 0 radical (unpaired) electrons. The van der Waals surface area contributed by atoms with E-state index in [0.717, 1.165) is 0 Å². The summed E-state index contributed by atoms with van der Waals surface area (Å²) in [6, 6.07) is 12.8. The third-order valence-corrected chi connectivity index (χ3v) is 3.99. The summed E-state index contributed by atoms with van der Waals surface area (Å²) in [5, 5.41) is 11.1. The van der Waals surface area contributed by atoms with E-state index >= 15 is 0 Å². The second-order valence-electron chi connectivity index (χ2n) is 5.75. The highest BCUT2D eigenvalue weighted by Gasteiger charge is 2.29. The van der Waals surface area contributed by atoms with Crippen LogP contribution in [0.2, 0.25) is 0 Å². The lowest BCUT2D eigenvalue weighted by atomic mass is 10.1. The summed E-state index contributed by atoms with van der Waals surface area (Å²) in [6.45, 7) is 3.15. The highest BCUT2D eigenvalue weighted by Crippen LogP contribution is 2.27. The molecule has 2 aromatic carbocycles. The van der Waals surface area contributed by atoms with Crippen molar-refractivity contribution in [2.75, 3.05) is 4.90 Å². The summed E-state index contributed by atoms with van der Waals surface area (Å²) >= 11 is 0. The van der Waals surface area contributed by atoms with Crippen molar-refractivity contribution in [1.29, 1.82) is 0 Å². The molecular weight excluding hydrogens is 334 g/mol. The number of ketones is 1. The zero-order chi connectivity index (χ0) is 18.8. The number of hydrogen-bond acceptors (Lipinski definition) is 5. The zero-order valence-corrected chi connectivity index (χ0v) is 14.2. The fourth-order valence-electron chi connectivity index (χ4n) is 2.70. The Bertz CT molecular complexity index is 975. The number of nitrogens with zero attached hydrogens (tertiary/aromatic N) is 3. The third-order valence-electron chi connectivity index (χ3n) is 3.99. The van der Waals surface area contributed by atoms with Gasteiger partial charge >= 0.3 is 0 Å². The minimum absolute atomic E-state index is 0.0633. The lowest BCUT2D eigenvalue weighted by Crippen LogP contribution is -2.30. The van der Waals surface area contributed by atoms with Crippen molar-refractivity contribution in [2.45, 2.75) is 13.8 Å². The van der Waals surface area contributed by atoms with Gasteiger partial charge in [-0.05, 0) is 50.3 Å². The lowest BCUT2D eigenvalue weighted by molar-refractivity contribution is -0.385. The molecule has 130 valence electrons. The van der Waals surface area contributed by atoms with Crippen LogP contribution < -0.4 is 4.90 Å². The second-order valence-corrected chi connectivity index (χ2v) is 5.75. The van der Waals surface area contributed by atoms with Crippen molar-refractivity contribution in [1.82, 2.24) is 0 Å². The minimum atomic E-state index is -0.499. The van der Waals surface area contributed by atoms with Crippen LogP contribution in [0.25, 0.3) is 6.08 Å². The van der Waals surface area contributed by atoms with Gasteiger partial charge in [-0.15, -0.1) is 0 Å². The van der Waals surface area contributed by atoms with Crippen molar-refractivity contribution in [3.63, 3.8) is 0 Å². The van der Waals surface area contributed by atoms with Gasteiger partial charge in [-0.2, -0.15) is 0 Å². The summed E-state index contributed by atoms with van der Waals surface area (Å²) in [5.41, 5.74) is 1.46. The molecular formula is C19H15N3O4. The van der Waals surface area contributed by atoms with Crippen LogP contribution >= 0.6 is 0 Å². The van der Waals surface area contributed by atoms with Crippen LogP contribution in [-0.2, 0) is 4.79 Å². The van der Waals surface area contributed by atoms with E-state index in [1.54, 1.807) is 49.4 Å². The zero-order valence-electron chi connectivity index (χ0n) is 14.2. The highest BCUT2D eigenvalue weighted by atomic mass is 16.6. The number of para-hydroxylation sites is 1. The van der Waals surface area contributed by atoms with Gasteiger partial charge in [-0.25, -0.2) is 4.99 Å². The molecule has 7 nitrogen and oxygen atoms in total. The molecule has 0 aromatic heterocycles. The van der Waals surface area contributed by atoms with Gasteiger partial charge in [0.15, 0.2) is 5.78 Å². The molecule has 1 aliphatic heterocycles. The number of amidine groups is 1. The van der Waals surface area contributed by atoms with Crippen molar-refractivity contribution in [3.8, 4) is 0 Å². The predicted octanol–water partition coefficient (Wildman–Crippen LogP) is 3.60. The van der Waals surface area contributed by atoms with Crippen molar-refractivity contribution < 1.29 is 14.5 Å². The monoisotopic (exact) mass is 349 g/mol. The Morgan fingerprint density at radius 2 is 1.81 bits per heavy atom. The number of aliphatic imine (C=N–C) groups is 1. The van der Waals surface area contributed by atoms with Crippen LogP contribution in [0.1, 0.15) is 29.8 Å². The van der Waals surface area contributed by atoms with Crippen LogP contribution in [0.5, 0.6) is 0 Å². The quantitative estimate of drug-likeness (QED) is 0.365. The van der Waals surface area contributed by atoms with Gasteiger partial charge in [-0.3, -0.25) is 24.6 Å². The number of nitro benzene ring substituents is 1. The Morgan fingerprint density at radius 3 is 2.42 bits per heavy atom. The number of nitro groups is 1. The molecule has 26 heavy (non-hydrogen) atoms. The van der Waals surface area contributed by atoms with E-state index in [9.17, 15) is 19.7 Å². The average molecular weight is 349 g/mol. The first-order chi connectivity index (χ1) is 12.4. The molecule has 0 bridgehead atoms. The van der Waals surface area contributed by atoms with Gasteiger partial charge in [-0.1, -0.05) is 12.1 Å². The topological polar surface area (TPSA) is 92.9 Å². The summed E-state index contributed by atoms with van der Waals surface area (Å²) in [6.07, 6.45) is 1.41. The van der Waals surface area contributed by atoms with Crippen LogP contribution in [0.3, 0.4) is 0 Å². The summed E-state index contributed by atoms with van der Waals surface area (Å²) in [5.74, 6) is 0.0123. The van der Waals surface area contributed by atoms with Gasteiger partial charge in [0.25, 0.3) is 11.6 Å². The Morgan fingerprint density at radius 1 is 1.15 bits per heavy atom. The van der Waals surface area contributed by atoms with E-state index in [1.165, 1.54) is 24.0 Å². The first-order valence-electron chi connectivity index (χ1n) is 7.84. The fraction of sp³-hybridized carbons (Fsp3) is 0.105. The number of hydrogen-bond donors (Lipinski definition) is 0. The number of benzene rings is 2. The number of anilines is 1. The normalized spacial score (nSPS) is 15.3. The molecule has 0 N–H and O–H groups in total. The first kappa shape index (κ1) is 17.2. The van der Waals surface area contributed by atoms with Gasteiger partial charge in [0.2, 0.25) is 0 Å². The minimum Gasteiger partial charge on any atom is -0.295 e. The van der Waals surface area contributed by atoms with E-state index in [0.29, 0.717) is 22.6 Å². The van der Waals surface area contributed by atoms with E-state index in [-0.39, 0.29) is 23.1 Å². The number of amides is 1. The van der Waals surface area contributed by atoms with Gasteiger partial charge in [0.1, 0.15) is 11.5 Å². The van der Waals surface area contributed by atoms with E-state index in [1.807, 2.05) is 0 Å². The molecule has 0 aliphatic carbocycles. The molecule has 0 saturated carbocycles. The summed E-state index contributed by atoms with van der Waals surface area (Å²) in [7, 11) is 0. The standard InChI is InChI=1S/C19H15N3O4/c1-12(23)14-7-9-16(10-8-14)21-13(2)20-17(19(21)24)11-15-5-3-4-6-18(15)22(25)26/h3-11H,1-2H3/b17-11+. The van der Waals surface area contributed by atoms with Crippen LogP contribution in [-0.4, -0.2) is 22.4 Å². The molecule has 0 fully saturated rings. The van der Waals surface area contributed by atoms with Crippen molar-refractivity contribution in [3.05, 3.63) is 75.5 Å². The molecule has 2 aromatic rings. The molecule has 0 spiro atoms. The maximum absolute atomic E-state index is 12.7. The maximum atomic E-state index is 12.7. The second kappa shape index (κ2) is 6.72. The number of carbonyl (C=O) groups excluding carboxylic acids is 2. The van der Waals surface area contributed by atoms with Crippen molar-refractivity contribution in [2.24, 2.45) is 4.99 Å². The van der Waals surface area contributed by atoms with Crippen LogP contribution in [0.15, 0.2) is 59.2 Å².